The van der Waals surface area contributed by atoms with Gasteiger partial charge in [-0.3, -0.25) is 4.99 Å². The molecule has 1 atom stereocenters. The molecule has 0 fully saturated rings. The molecule has 1 heterocycles. The van der Waals surface area contributed by atoms with E-state index in [4.69, 9.17) is 4.99 Å². The van der Waals surface area contributed by atoms with Crippen molar-refractivity contribution in [2.45, 2.75) is 52.7 Å². The third-order valence-electron chi connectivity index (χ3n) is 4.29. The summed E-state index contributed by atoms with van der Waals surface area (Å²) in [5.41, 5.74) is 2.26. The Morgan fingerprint density at radius 1 is 1.30 bits per heavy atom. The molecule has 2 N–H and O–H groups in total. The van der Waals surface area contributed by atoms with Gasteiger partial charge in [-0.2, -0.15) is 0 Å². The molecule has 0 aliphatic heterocycles. The molecular formula is C21H33N5S. The van der Waals surface area contributed by atoms with Crippen molar-refractivity contribution in [1.82, 2.24) is 20.5 Å². The lowest BCUT2D eigenvalue weighted by molar-refractivity contribution is 0.354. The van der Waals surface area contributed by atoms with Crippen LogP contribution < -0.4 is 10.6 Å². The number of hydrogen-bond donors (Lipinski definition) is 2. The first-order valence-corrected chi connectivity index (χ1v) is 10.4. The van der Waals surface area contributed by atoms with Gasteiger partial charge in [0.15, 0.2) is 5.96 Å². The summed E-state index contributed by atoms with van der Waals surface area (Å²) in [6.45, 7) is 13.0. The van der Waals surface area contributed by atoms with Crippen LogP contribution in [0.5, 0.6) is 0 Å². The standard InChI is InChI=1S/C21H33N5S/c1-7-22-20(26(6)13-19-14-27-17(3)24-19)23-15-21(4,5)25-16(2)18-11-9-8-10-12-18/h8-12,14,16,25H,7,13,15H2,1-6H3,(H,22,23). The van der Waals surface area contributed by atoms with Gasteiger partial charge in [-0.1, -0.05) is 30.3 Å². The number of hydrogen-bond acceptors (Lipinski definition) is 4. The van der Waals surface area contributed by atoms with Crippen LogP contribution in [0.25, 0.3) is 0 Å². The van der Waals surface area contributed by atoms with E-state index in [-0.39, 0.29) is 11.6 Å². The van der Waals surface area contributed by atoms with Crippen LogP contribution in [0.3, 0.4) is 0 Å². The SMILES string of the molecule is CCNC(=NCC(C)(C)NC(C)c1ccccc1)N(C)Cc1csc(C)n1. The first-order chi connectivity index (χ1) is 12.8. The summed E-state index contributed by atoms with van der Waals surface area (Å²) in [6.07, 6.45) is 0. The topological polar surface area (TPSA) is 52.6 Å². The second kappa shape index (κ2) is 9.85. The zero-order valence-electron chi connectivity index (χ0n) is 17.4. The van der Waals surface area contributed by atoms with Crippen molar-refractivity contribution < 1.29 is 0 Å². The minimum absolute atomic E-state index is 0.117. The van der Waals surface area contributed by atoms with Crippen LogP contribution in [-0.2, 0) is 6.54 Å². The van der Waals surface area contributed by atoms with Gasteiger partial charge in [0.2, 0.25) is 0 Å². The Morgan fingerprint density at radius 2 is 2.00 bits per heavy atom. The van der Waals surface area contributed by atoms with Crippen LogP contribution in [0.2, 0.25) is 0 Å². The summed E-state index contributed by atoms with van der Waals surface area (Å²) in [5, 5.41) is 10.3. The second-order valence-corrected chi connectivity index (χ2v) is 8.61. The van der Waals surface area contributed by atoms with Gasteiger partial charge < -0.3 is 15.5 Å². The monoisotopic (exact) mass is 387 g/mol. The Kier molecular flexibility index (Phi) is 7.80. The molecule has 5 nitrogen and oxygen atoms in total. The molecule has 0 saturated carbocycles. The molecule has 0 aliphatic carbocycles. The molecule has 1 aromatic carbocycles. The normalized spacial score (nSPS) is 13.5. The Bertz CT molecular complexity index is 723. The number of thiazole rings is 1. The smallest absolute Gasteiger partial charge is 0.194 e. The minimum Gasteiger partial charge on any atom is -0.357 e. The van der Waals surface area contributed by atoms with Gasteiger partial charge in [0.25, 0.3) is 0 Å². The molecule has 0 bridgehead atoms. The number of guanidine groups is 1. The molecule has 0 aliphatic rings. The van der Waals surface area contributed by atoms with E-state index in [0.717, 1.165) is 29.8 Å². The Labute approximate surface area is 167 Å². The van der Waals surface area contributed by atoms with E-state index in [1.807, 2.05) is 13.0 Å². The van der Waals surface area contributed by atoms with Crippen LogP contribution in [0.1, 0.15) is 50.0 Å². The predicted octanol–water partition coefficient (Wildman–Crippen LogP) is 3.98. The second-order valence-electron chi connectivity index (χ2n) is 7.54. The average Bonchev–Trinajstić information content (AvgIpc) is 3.03. The molecule has 0 spiro atoms. The summed E-state index contributed by atoms with van der Waals surface area (Å²) in [5.74, 6) is 0.908. The van der Waals surface area contributed by atoms with Gasteiger partial charge in [-0.05, 0) is 40.2 Å². The van der Waals surface area contributed by atoms with Crippen LogP contribution in [0, 0.1) is 6.92 Å². The number of aliphatic imine (C=N–C) groups is 1. The molecule has 27 heavy (non-hydrogen) atoms. The maximum atomic E-state index is 4.88. The highest BCUT2D eigenvalue weighted by Crippen LogP contribution is 2.16. The fourth-order valence-corrected chi connectivity index (χ4v) is 3.60. The highest BCUT2D eigenvalue weighted by atomic mass is 32.1. The molecule has 1 unspecified atom stereocenters. The number of nitrogens with one attached hydrogen (secondary N) is 2. The van der Waals surface area contributed by atoms with E-state index < -0.39 is 0 Å². The van der Waals surface area contributed by atoms with Gasteiger partial charge in [0.05, 0.1) is 23.8 Å². The minimum atomic E-state index is -0.117. The highest BCUT2D eigenvalue weighted by molar-refractivity contribution is 7.09. The van der Waals surface area contributed by atoms with Crippen LogP contribution in [-0.4, -0.2) is 41.5 Å². The maximum Gasteiger partial charge on any atom is 0.194 e. The Morgan fingerprint density at radius 3 is 2.59 bits per heavy atom. The quantitative estimate of drug-likeness (QED) is 0.531. The third kappa shape index (κ3) is 6.96. The first-order valence-electron chi connectivity index (χ1n) is 9.54. The summed E-state index contributed by atoms with van der Waals surface area (Å²) < 4.78 is 0. The molecular weight excluding hydrogens is 354 g/mol. The van der Waals surface area contributed by atoms with E-state index >= 15 is 0 Å². The molecule has 0 saturated heterocycles. The number of aromatic nitrogens is 1. The van der Waals surface area contributed by atoms with Gasteiger partial charge in [0, 0.05) is 30.6 Å². The predicted molar refractivity (Wildman–Crippen MR) is 116 cm³/mol. The van der Waals surface area contributed by atoms with Crippen LogP contribution >= 0.6 is 11.3 Å². The van der Waals surface area contributed by atoms with E-state index in [1.54, 1.807) is 11.3 Å². The van der Waals surface area contributed by atoms with Crippen molar-refractivity contribution >= 4 is 17.3 Å². The fourth-order valence-electron chi connectivity index (χ4n) is 3.00. The van der Waals surface area contributed by atoms with E-state index in [1.165, 1.54) is 5.56 Å². The lowest BCUT2D eigenvalue weighted by Crippen LogP contribution is -2.45. The molecule has 2 aromatic rings. The van der Waals surface area contributed by atoms with E-state index in [0.29, 0.717) is 6.54 Å². The van der Waals surface area contributed by atoms with Crippen LogP contribution in [0.15, 0.2) is 40.7 Å². The number of nitrogens with zero attached hydrogens (tertiary/aromatic N) is 3. The summed E-state index contributed by atoms with van der Waals surface area (Å²) in [4.78, 5) is 11.6. The third-order valence-corrected chi connectivity index (χ3v) is 5.12. The van der Waals surface area contributed by atoms with Crippen molar-refractivity contribution in [3.63, 3.8) is 0 Å². The number of rotatable bonds is 8. The van der Waals surface area contributed by atoms with Crippen molar-refractivity contribution in [1.29, 1.82) is 0 Å². The molecule has 0 radical (unpaired) electrons. The van der Waals surface area contributed by atoms with Gasteiger partial charge >= 0.3 is 0 Å². The largest absolute Gasteiger partial charge is 0.357 e. The summed E-state index contributed by atoms with van der Waals surface area (Å²) in [7, 11) is 2.06. The van der Waals surface area contributed by atoms with Crippen molar-refractivity contribution in [2.24, 2.45) is 4.99 Å². The highest BCUT2D eigenvalue weighted by Gasteiger charge is 2.21. The van der Waals surface area contributed by atoms with E-state index in [2.05, 4.69) is 84.9 Å². The fraction of sp³-hybridized carbons (Fsp3) is 0.524. The molecule has 148 valence electrons. The summed E-state index contributed by atoms with van der Waals surface area (Å²) in [6, 6.07) is 10.8. The Hall–Kier alpha value is -1.92. The van der Waals surface area contributed by atoms with Gasteiger partial charge in [0.1, 0.15) is 0 Å². The lowest BCUT2D eigenvalue weighted by atomic mass is 10.0. The average molecular weight is 388 g/mol. The molecule has 2 rings (SSSR count). The molecule has 6 heteroatoms. The van der Waals surface area contributed by atoms with Crippen molar-refractivity contribution in [2.75, 3.05) is 20.1 Å². The Balaban J connectivity index is 2.00. The van der Waals surface area contributed by atoms with Gasteiger partial charge in [-0.15, -0.1) is 11.3 Å². The van der Waals surface area contributed by atoms with E-state index in [9.17, 15) is 0 Å². The first kappa shape index (κ1) is 21.4. The summed E-state index contributed by atoms with van der Waals surface area (Å²) >= 11 is 1.69. The molecule has 1 aromatic heterocycles. The zero-order valence-corrected chi connectivity index (χ0v) is 18.2. The van der Waals surface area contributed by atoms with Crippen molar-refractivity contribution in [3.8, 4) is 0 Å². The van der Waals surface area contributed by atoms with Gasteiger partial charge in [-0.25, -0.2) is 4.98 Å². The maximum absolute atomic E-state index is 4.88. The lowest BCUT2D eigenvalue weighted by Gasteiger charge is -2.30. The number of aryl methyl sites for hydroxylation is 1. The zero-order chi connectivity index (χ0) is 19.9. The molecule has 0 amide bonds. The van der Waals surface area contributed by atoms with Crippen LogP contribution in [0.4, 0.5) is 0 Å². The van der Waals surface area contributed by atoms with Crippen molar-refractivity contribution in [3.05, 3.63) is 52.0 Å². The number of benzene rings is 1.